The highest BCUT2D eigenvalue weighted by molar-refractivity contribution is 6.30. The normalized spacial score (nSPS) is 11.0. The highest BCUT2D eigenvalue weighted by Crippen LogP contribution is 2.25. The average molecular weight is 476 g/mol. The Labute approximate surface area is 202 Å². The van der Waals surface area contributed by atoms with E-state index < -0.39 is 11.8 Å². The number of carboxylic acids is 1. The minimum atomic E-state index is -0.992. The number of carbonyl (C=O) groups is 2. The number of rotatable bonds is 9. The SMILES string of the molecule is O=C(O)Cc1cnc(Cc2ccc(C(=O)CCCc3ccc(Cl)cc3)cc2)c2ccc(F)cc12. The molecule has 1 heterocycles. The van der Waals surface area contributed by atoms with E-state index in [4.69, 9.17) is 16.7 Å². The Kier molecular flexibility index (Phi) is 7.33. The summed E-state index contributed by atoms with van der Waals surface area (Å²) in [5.74, 6) is -1.32. The lowest BCUT2D eigenvalue weighted by Crippen LogP contribution is -2.04. The highest BCUT2D eigenvalue weighted by Gasteiger charge is 2.13. The fourth-order valence-electron chi connectivity index (χ4n) is 4.02. The fraction of sp³-hybridized carbons (Fsp3) is 0.179. The van der Waals surface area contributed by atoms with Crippen LogP contribution in [0.15, 0.2) is 72.9 Å². The van der Waals surface area contributed by atoms with Gasteiger partial charge in [-0.2, -0.15) is 0 Å². The lowest BCUT2D eigenvalue weighted by atomic mass is 9.97. The van der Waals surface area contributed by atoms with Crippen molar-refractivity contribution < 1.29 is 19.1 Å². The van der Waals surface area contributed by atoms with Crippen LogP contribution in [-0.2, 0) is 24.1 Å². The Balaban J connectivity index is 1.43. The van der Waals surface area contributed by atoms with Gasteiger partial charge in [-0.1, -0.05) is 48.0 Å². The van der Waals surface area contributed by atoms with Crippen LogP contribution in [0.1, 0.15) is 45.6 Å². The predicted octanol–water partition coefficient (Wildman–Crippen LogP) is 6.45. The number of hydrogen-bond acceptors (Lipinski definition) is 3. The summed E-state index contributed by atoms with van der Waals surface area (Å²) >= 11 is 5.91. The number of fused-ring (bicyclic) bond motifs is 1. The number of benzene rings is 3. The van der Waals surface area contributed by atoms with E-state index in [0.29, 0.717) is 34.4 Å². The van der Waals surface area contributed by atoms with Gasteiger partial charge in [-0.3, -0.25) is 14.6 Å². The van der Waals surface area contributed by atoms with E-state index in [0.717, 1.165) is 35.0 Å². The molecule has 0 saturated heterocycles. The van der Waals surface area contributed by atoms with Crippen LogP contribution < -0.4 is 0 Å². The van der Waals surface area contributed by atoms with Crippen molar-refractivity contribution in [1.29, 1.82) is 0 Å². The van der Waals surface area contributed by atoms with Crippen LogP contribution >= 0.6 is 11.6 Å². The molecule has 4 nitrogen and oxygen atoms in total. The summed E-state index contributed by atoms with van der Waals surface area (Å²) in [6, 6.07) is 19.4. The number of nitrogens with zero attached hydrogens (tertiary/aromatic N) is 1. The Morgan fingerprint density at radius 3 is 2.32 bits per heavy atom. The maximum absolute atomic E-state index is 13.8. The summed E-state index contributed by atoms with van der Waals surface area (Å²) in [7, 11) is 0. The van der Waals surface area contributed by atoms with Gasteiger partial charge >= 0.3 is 5.97 Å². The number of halogens is 2. The predicted molar refractivity (Wildman–Crippen MR) is 131 cm³/mol. The van der Waals surface area contributed by atoms with E-state index in [2.05, 4.69) is 4.98 Å². The lowest BCUT2D eigenvalue weighted by molar-refractivity contribution is -0.136. The topological polar surface area (TPSA) is 67.3 Å². The molecule has 0 radical (unpaired) electrons. The van der Waals surface area contributed by atoms with Crippen molar-refractivity contribution >= 4 is 34.1 Å². The van der Waals surface area contributed by atoms with Gasteiger partial charge in [-0.05, 0) is 65.3 Å². The molecular weight excluding hydrogens is 453 g/mol. The van der Waals surface area contributed by atoms with Crippen molar-refractivity contribution in [3.8, 4) is 0 Å². The van der Waals surface area contributed by atoms with Crippen molar-refractivity contribution in [3.05, 3.63) is 112 Å². The molecule has 1 aromatic heterocycles. The summed E-state index contributed by atoms with van der Waals surface area (Å²) in [6.45, 7) is 0. The van der Waals surface area contributed by atoms with Gasteiger partial charge in [0.1, 0.15) is 5.82 Å². The first-order chi connectivity index (χ1) is 16.4. The summed E-state index contributed by atoms with van der Waals surface area (Å²) < 4.78 is 13.8. The molecule has 0 fully saturated rings. The Bertz CT molecular complexity index is 1330. The molecule has 0 unspecified atom stereocenters. The standard InChI is InChI=1S/C28H23ClFNO3/c29-22-10-6-18(7-11-22)2-1-3-27(32)20-8-4-19(5-9-20)14-26-24-13-12-23(30)16-25(24)21(17-31-26)15-28(33)34/h4-13,16-17H,1-3,14-15H2,(H,33,34). The molecule has 6 heteroatoms. The molecule has 0 aliphatic rings. The zero-order valence-electron chi connectivity index (χ0n) is 18.4. The maximum Gasteiger partial charge on any atom is 0.307 e. The highest BCUT2D eigenvalue weighted by atomic mass is 35.5. The quantitative estimate of drug-likeness (QED) is 0.282. The third kappa shape index (κ3) is 5.86. The smallest absolute Gasteiger partial charge is 0.307 e. The minimum absolute atomic E-state index is 0.0950. The van der Waals surface area contributed by atoms with Gasteiger partial charge in [-0.15, -0.1) is 0 Å². The molecule has 0 amide bonds. The summed E-state index contributed by atoms with van der Waals surface area (Å²) in [6.07, 6.45) is 3.81. The summed E-state index contributed by atoms with van der Waals surface area (Å²) in [5.41, 5.74) is 3.98. The fourth-order valence-corrected chi connectivity index (χ4v) is 4.15. The third-order valence-electron chi connectivity index (χ3n) is 5.79. The van der Waals surface area contributed by atoms with Gasteiger partial charge < -0.3 is 5.11 Å². The number of aryl methyl sites for hydroxylation is 1. The Morgan fingerprint density at radius 1 is 0.912 bits per heavy atom. The van der Waals surface area contributed by atoms with Gasteiger partial charge in [0, 0.05) is 35.0 Å². The van der Waals surface area contributed by atoms with Crippen LogP contribution in [0, 0.1) is 5.82 Å². The van der Waals surface area contributed by atoms with E-state index in [-0.39, 0.29) is 12.2 Å². The zero-order valence-corrected chi connectivity index (χ0v) is 19.2. The number of hydrogen-bond donors (Lipinski definition) is 1. The molecule has 0 aliphatic heterocycles. The van der Waals surface area contributed by atoms with Crippen LogP contribution in [0.25, 0.3) is 10.8 Å². The van der Waals surface area contributed by atoms with Gasteiger partial charge in [0.25, 0.3) is 0 Å². The van der Waals surface area contributed by atoms with Crippen LogP contribution in [0.5, 0.6) is 0 Å². The maximum atomic E-state index is 13.8. The number of aromatic nitrogens is 1. The number of ketones is 1. The number of pyridine rings is 1. The van der Waals surface area contributed by atoms with Crippen LogP contribution in [0.4, 0.5) is 4.39 Å². The number of carbonyl (C=O) groups excluding carboxylic acids is 1. The second kappa shape index (κ2) is 10.6. The summed E-state index contributed by atoms with van der Waals surface area (Å²) in [4.78, 5) is 28.2. The molecule has 3 aromatic carbocycles. The van der Waals surface area contributed by atoms with Crippen LogP contribution in [-0.4, -0.2) is 21.8 Å². The van der Waals surface area contributed by atoms with Crippen molar-refractivity contribution in [3.63, 3.8) is 0 Å². The van der Waals surface area contributed by atoms with E-state index in [9.17, 15) is 14.0 Å². The van der Waals surface area contributed by atoms with E-state index in [1.807, 2.05) is 48.5 Å². The number of carboxylic acid groups (broad SMARTS) is 1. The Hall–Kier alpha value is -3.57. The van der Waals surface area contributed by atoms with Gasteiger partial charge in [0.2, 0.25) is 0 Å². The van der Waals surface area contributed by atoms with Gasteiger partial charge in [0.05, 0.1) is 12.1 Å². The van der Waals surface area contributed by atoms with Crippen molar-refractivity contribution in [2.75, 3.05) is 0 Å². The van der Waals surface area contributed by atoms with E-state index >= 15 is 0 Å². The molecule has 0 saturated carbocycles. The molecule has 34 heavy (non-hydrogen) atoms. The molecule has 0 atom stereocenters. The number of Topliss-reactive ketones (excluding diaryl/α,β-unsaturated/α-hetero) is 1. The van der Waals surface area contributed by atoms with Crippen molar-refractivity contribution in [2.24, 2.45) is 0 Å². The zero-order chi connectivity index (χ0) is 24.1. The monoisotopic (exact) mass is 475 g/mol. The average Bonchev–Trinajstić information content (AvgIpc) is 2.82. The van der Waals surface area contributed by atoms with Gasteiger partial charge in [-0.25, -0.2) is 4.39 Å². The molecule has 4 rings (SSSR count). The molecule has 0 aliphatic carbocycles. The summed E-state index contributed by atoms with van der Waals surface area (Å²) in [5, 5.41) is 11.1. The third-order valence-corrected chi connectivity index (χ3v) is 6.04. The first-order valence-corrected chi connectivity index (χ1v) is 11.4. The molecule has 0 bridgehead atoms. The lowest BCUT2D eigenvalue weighted by Gasteiger charge is -2.10. The molecule has 0 spiro atoms. The van der Waals surface area contributed by atoms with Crippen LogP contribution in [0.3, 0.4) is 0 Å². The molecular formula is C28H23ClFNO3. The van der Waals surface area contributed by atoms with E-state index in [1.54, 1.807) is 6.07 Å². The second-order valence-electron chi connectivity index (χ2n) is 8.27. The largest absolute Gasteiger partial charge is 0.481 e. The molecule has 4 aromatic rings. The van der Waals surface area contributed by atoms with Crippen LogP contribution in [0.2, 0.25) is 5.02 Å². The second-order valence-corrected chi connectivity index (χ2v) is 8.70. The van der Waals surface area contributed by atoms with Crippen molar-refractivity contribution in [2.45, 2.75) is 32.1 Å². The van der Waals surface area contributed by atoms with Gasteiger partial charge in [0.15, 0.2) is 5.78 Å². The molecule has 1 N–H and O–H groups in total. The first-order valence-electron chi connectivity index (χ1n) is 11.0. The minimum Gasteiger partial charge on any atom is -0.481 e. The first kappa shape index (κ1) is 23.6. The van der Waals surface area contributed by atoms with E-state index in [1.165, 1.54) is 18.3 Å². The Morgan fingerprint density at radius 2 is 1.62 bits per heavy atom. The molecule has 172 valence electrons. The van der Waals surface area contributed by atoms with Crippen molar-refractivity contribution in [1.82, 2.24) is 4.98 Å². The number of aliphatic carboxylic acids is 1.